The third-order valence-electron chi connectivity index (χ3n) is 2.30. The van der Waals surface area contributed by atoms with Crippen molar-refractivity contribution in [2.75, 3.05) is 0 Å². The maximum absolute atomic E-state index is 8.89. The van der Waals surface area contributed by atoms with Crippen LogP contribution in [0.15, 0.2) is 36.4 Å². The molecule has 0 radical (unpaired) electrons. The van der Waals surface area contributed by atoms with Gasteiger partial charge in [0.2, 0.25) is 0 Å². The number of nitriles is 1. The lowest BCUT2D eigenvalue weighted by Crippen LogP contribution is -1.95. The van der Waals surface area contributed by atoms with Crippen molar-refractivity contribution in [1.82, 2.24) is 0 Å². The molecule has 14 heavy (non-hydrogen) atoms. The van der Waals surface area contributed by atoms with Gasteiger partial charge in [-0.1, -0.05) is 24.3 Å². The van der Waals surface area contributed by atoms with Gasteiger partial charge in [-0.25, -0.2) is 0 Å². The summed E-state index contributed by atoms with van der Waals surface area (Å²) in [5.41, 5.74) is 7.35. The van der Waals surface area contributed by atoms with Gasteiger partial charge in [0.1, 0.15) is 0 Å². The molecule has 0 aliphatic carbocycles. The van der Waals surface area contributed by atoms with Crippen molar-refractivity contribution in [2.24, 2.45) is 5.73 Å². The smallest absolute Gasteiger partial charge is 0.0998 e. The largest absolute Gasteiger partial charge is 0.326 e. The van der Waals surface area contributed by atoms with Crippen molar-refractivity contribution in [3.05, 3.63) is 47.5 Å². The monoisotopic (exact) mass is 182 g/mol. The Kier molecular flexibility index (Phi) is 2.18. The van der Waals surface area contributed by atoms with Gasteiger partial charge in [0.05, 0.1) is 11.6 Å². The number of fused-ring (bicyclic) bond motifs is 1. The molecular formula is C12H10N2. The molecule has 0 amide bonds. The van der Waals surface area contributed by atoms with Gasteiger partial charge in [-0.05, 0) is 28.5 Å². The summed E-state index contributed by atoms with van der Waals surface area (Å²) >= 11 is 0. The second kappa shape index (κ2) is 3.49. The zero-order valence-electron chi connectivity index (χ0n) is 7.70. The molecule has 0 aliphatic rings. The topological polar surface area (TPSA) is 49.8 Å². The highest BCUT2D eigenvalue weighted by atomic mass is 14.5. The molecule has 68 valence electrons. The Labute approximate surface area is 82.6 Å². The maximum Gasteiger partial charge on any atom is 0.0998 e. The highest BCUT2D eigenvalue weighted by Gasteiger charge is 1.99. The SMILES string of the molecule is N#Cc1cccc2cc(CN)ccc12. The molecule has 0 unspecified atom stereocenters. The van der Waals surface area contributed by atoms with E-state index in [0.717, 1.165) is 16.3 Å². The van der Waals surface area contributed by atoms with E-state index in [1.54, 1.807) is 0 Å². The van der Waals surface area contributed by atoms with Gasteiger partial charge in [0, 0.05) is 6.54 Å². The Morgan fingerprint density at radius 1 is 1.21 bits per heavy atom. The summed E-state index contributed by atoms with van der Waals surface area (Å²) in [6, 6.07) is 13.8. The summed E-state index contributed by atoms with van der Waals surface area (Å²) in [6.45, 7) is 0.534. The van der Waals surface area contributed by atoms with Crippen LogP contribution < -0.4 is 5.73 Å². The maximum atomic E-state index is 8.89. The minimum Gasteiger partial charge on any atom is -0.326 e. The third kappa shape index (κ3) is 1.34. The average molecular weight is 182 g/mol. The molecule has 2 N–H and O–H groups in total. The standard InChI is InChI=1S/C12H10N2/c13-7-9-4-5-12-10(6-9)2-1-3-11(12)8-14/h1-6H,7,13H2. The van der Waals surface area contributed by atoms with E-state index in [1.165, 1.54) is 0 Å². The molecule has 0 aliphatic heterocycles. The van der Waals surface area contributed by atoms with Crippen molar-refractivity contribution in [2.45, 2.75) is 6.54 Å². The quantitative estimate of drug-likeness (QED) is 0.734. The lowest BCUT2D eigenvalue weighted by molar-refractivity contribution is 1.08. The molecule has 0 bridgehead atoms. The van der Waals surface area contributed by atoms with E-state index in [2.05, 4.69) is 6.07 Å². The van der Waals surface area contributed by atoms with Crippen molar-refractivity contribution in [3.8, 4) is 6.07 Å². The van der Waals surface area contributed by atoms with Crippen LogP contribution in [0.5, 0.6) is 0 Å². The average Bonchev–Trinajstić information content (AvgIpc) is 2.27. The number of benzene rings is 2. The Morgan fingerprint density at radius 3 is 2.79 bits per heavy atom. The van der Waals surface area contributed by atoms with Gasteiger partial charge in [-0.3, -0.25) is 0 Å². The summed E-state index contributed by atoms with van der Waals surface area (Å²) in [5.74, 6) is 0. The lowest BCUT2D eigenvalue weighted by Gasteiger charge is -2.02. The fourth-order valence-corrected chi connectivity index (χ4v) is 1.56. The van der Waals surface area contributed by atoms with Crippen LogP contribution in [0, 0.1) is 11.3 Å². The van der Waals surface area contributed by atoms with Crippen LogP contribution in [-0.2, 0) is 6.54 Å². The van der Waals surface area contributed by atoms with Crippen molar-refractivity contribution in [1.29, 1.82) is 5.26 Å². The molecule has 2 heteroatoms. The van der Waals surface area contributed by atoms with Crippen LogP contribution in [0.4, 0.5) is 0 Å². The molecule has 2 nitrogen and oxygen atoms in total. The normalized spacial score (nSPS) is 10.0. The zero-order valence-corrected chi connectivity index (χ0v) is 7.70. The zero-order chi connectivity index (χ0) is 9.97. The first-order chi connectivity index (χ1) is 6.85. The highest BCUT2D eigenvalue weighted by Crippen LogP contribution is 2.19. The predicted octanol–water partition coefficient (Wildman–Crippen LogP) is 2.17. The van der Waals surface area contributed by atoms with E-state index >= 15 is 0 Å². The fourth-order valence-electron chi connectivity index (χ4n) is 1.56. The summed E-state index contributed by atoms with van der Waals surface area (Å²) in [4.78, 5) is 0. The molecule has 0 fully saturated rings. The van der Waals surface area contributed by atoms with E-state index in [1.807, 2.05) is 36.4 Å². The van der Waals surface area contributed by atoms with Crippen molar-refractivity contribution >= 4 is 10.8 Å². The van der Waals surface area contributed by atoms with E-state index in [4.69, 9.17) is 11.0 Å². The first kappa shape index (κ1) is 8.74. The Morgan fingerprint density at radius 2 is 2.07 bits per heavy atom. The van der Waals surface area contributed by atoms with Gasteiger partial charge in [-0.15, -0.1) is 0 Å². The summed E-state index contributed by atoms with van der Waals surface area (Å²) in [6.07, 6.45) is 0. The molecule has 0 saturated heterocycles. The second-order valence-corrected chi connectivity index (χ2v) is 3.18. The molecule has 0 saturated carbocycles. The number of nitrogens with two attached hydrogens (primary N) is 1. The van der Waals surface area contributed by atoms with Gasteiger partial charge in [-0.2, -0.15) is 5.26 Å². The molecule has 2 rings (SSSR count). The van der Waals surface area contributed by atoms with Crippen molar-refractivity contribution < 1.29 is 0 Å². The first-order valence-corrected chi connectivity index (χ1v) is 4.47. The summed E-state index contributed by atoms with van der Waals surface area (Å²) < 4.78 is 0. The van der Waals surface area contributed by atoms with Crippen LogP contribution in [0.1, 0.15) is 11.1 Å². The Bertz CT molecular complexity index is 509. The molecule has 2 aromatic rings. The Hall–Kier alpha value is -1.85. The number of rotatable bonds is 1. The molecular weight excluding hydrogens is 172 g/mol. The molecule has 2 aromatic carbocycles. The molecule has 0 atom stereocenters. The van der Waals surface area contributed by atoms with E-state index in [9.17, 15) is 0 Å². The number of hydrogen-bond acceptors (Lipinski definition) is 2. The van der Waals surface area contributed by atoms with E-state index in [0.29, 0.717) is 12.1 Å². The fraction of sp³-hybridized carbons (Fsp3) is 0.0833. The van der Waals surface area contributed by atoms with Gasteiger partial charge in [0.15, 0.2) is 0 Å². The highest BCUT2D eigenvalue weighted by molar-refractivity contribution is 5.88. The van der Waals surface area contributed by atoms with Crippen LogP contribution >= 0.6 is 0 Å². The predicted molar refractivity (Wildman–Crippen MR) is 56.6 cm³/mol. The minimum absolute atomic E-state index is 0.534. The molecule has 0 spiro atoms. The van der Waals surface area contributed by atoms with Gasteiger partial charge >= 0.3 is 0 Å². The number of nitrogens with zero attached hydrogens (tertiary/aromatic N) is 1. The third-order valence-corrected chi connectivity index (χ3v) is 2.30. The Balaban J connectivity index is 2.75. The first-order valence-electron chi connectivity index (χ1n) is 4.47. The lowest BCUT2D eigenvalue weighted by atomic mass is 10.0. The molecule has 0 heterocycles. The van der Waals surface area contributed by atoms with Crippen LogP contribution in [0.25, 0.3) is 10.8 Å². The van der Waals surface area contributed by atoms with E-state index < -0.39 is 0 Å². The minimum atomic E-state index is 0.534. The van der Waals surface area contributed by atoms with Crippen LogP contribution in [-0.4, -0.2) is 0 Å². The van der Waals surface area contributed by atoms with Crippen LogP contribution in [0.3, 0.4) is 0 Å². The van der Waals surface area contributed by atoms with E-state index in [-0.39, 0.29) is 0 Å². The number of hydrogen-bond donors (Lipinski definition) is 1. The second-order valence-electron chi connectivity index (χ2n) is 3.18. The van der Waals surface area contributed by atoms with Crippen molar-refractivity contribution in [3.63, 3.8) is 0 Å². The summed E-state index contributed by atoms with van der Waals surface area (Å²) in [7, 11) is 0. The van der Waals surface area contributed by atoms with Crippen LogP contribution in [0.2, 0.25) is 0 Å². The van der Waals surface area contributed by atoms with Gasteiger partial charge < -0.3 is 5.73 Å². The molecule has 0 aromatic heterocycles. The van der Waals surface area contributed by atoms with Gasteiger partial charge in [0.25, 0.3) is 0 Å². The summed E-state index contributed by atoms with van der Waals surface area (Å²) in [5, 5.41) is 11.0.